The number of aromatic nitrogens is 4. The summed E-state index contributed by atoms with van der Waals surface area (Å²) in [6.07, 6.45) is 3.42. The van der Waals surface area contributed by atoms with Crippen LogP contribution in [-0.2, 0) is 13.6 Å². The quantitative estimate of drug-likeness (QED) is 0.629. The second kappa shape index (κ2) is 4.84. The Kier molecular flexibility index (Phi) is 2.82. The van der Waals surface area contributed by atoms with Crippen molar-refractivity contribution in [3.05, 3.63) is 48.0 Å². The van der Waals surface area contributed by atoms with Crippen molar-refractivity contribution < 1.29 is 4.42 Å². The molecule has 3 heterocycles. The Hall–Kier alpha value is -2.89. The standard InChI is InChI=1S/C16H15N5O/c1-10-11(8-20-21(10)2)7-17-16-15-14(18-9-19-16)12-5-3-4-6-13(12)22-15/h3-6,8-9H,7H2,1-2H3,(H,17,18,19). The van der Waals surface area contributed by atoms with Crippen LogP contribution in [0.5, 0.6) is 0 Å². The van der Waals surface area contributed by atoms with Crippen LogP contribution in [0.1, 0.15) is 11.3 Å². The first-order valence-electron chi connectivity index (χ1n) is 7.07. The molecule has 0 saturated carbocycles. The van der Waals surface area contributed by atoms with Gasteiger partial charge in [-0.3, -0.25) is 4.68 Å². The second-order valence-electron chi connectivity index (χ2n) is 5.23. The number of nitrogens with one attached hydrogen (secondary N) is 1. The van der Waals surface area contributed by atoms with Crippen molar-refractivity contribution in [1.82, 2.24) is 19.7 Å². The van der Waals surface area contributed by atoms with Gasteiger partial charge < -0.3 is 9.73 Å². The Bertz CT molecular complexity index is 969. The van der Waals surface area contributed by atoms with Crippen LogP contribution in [0, 0.1) is 6.92 Å². The number of nitrogens with zero attached hydrogens (tertiary/aromatic N) is 4. The normalized spacial score (nSPS) is 11.4. The van der Waals surface area contributed by atoms with Gasteiger partial charge in [-0.05, 0) is 19.1 Å². The van der Waals surface area contributed by atoms with E-state index >= 15 is 0 Å². The average molecular weight is 293 g/mol. The van der Waals surface area contributed by atoms with Crippen LogP contribution < -0.4 is 5.32 Å². The maximum atomic E-state index is 5.90. The third-order valence-corrected chi connectivity index (χ3v) is 3.94. The molecule has 4 aromatic rings. The molecule has 0 radical (unpaired) electrons. The molecule has 22 heavy (non-hydrogen) atoms. The van der Waals surface area contributed by atoms with Gasteiger partial charge in [0.15, 0.2) is 11.4 Å². The number of fused-ring (bicyclic) bond motifs is 3. The van der Waals surface area contributed by atoms with Gasteiger partial charge in [-0.1, -0.05) is 12.1 Å². The lowest BCUT2D eigenvalue weighted by Crippen LogP contribution is -2.03. The monoisotopic (exact) mass is 293 g/mol. The fraction of sp³-hybridized carbons (Fsp3) is 0.188. The number of hydrogen-bond acceptors (Lipinski definition) is 5. The maximum Gasteiger partial charge on any atom is 0.196 e. The Morgan fingerprint density at radius 2 is 2.09 bits per heavy atom. The van der Waals surface area contributed by atoms with Gasteiger partial charge in [0.2, 0.25) is 0 Å². The van der Waals surface area contributed by atoms with Crippen molar-refractivity contribution in [3.63, 3.8) is 0 Å². The molecule has 0 spiro atoms. The van der Waals surface area contributed by atoms with Crippen molar-refractivity contribution in [1.29, 1.82) is 0 Å². The molecule has 1 N–H and O–H groups in total. The number of benzene rings is 1. The third-order valence-electron chi connectivity index (χ3n) is 3.94. The summed E-state index contributed by atoms with van der Waals surface area (Å²) in [5.41, 5.74) is 4.59. The molecule has 6 heteroatoms. The molecule has 0 amide bonds. The van der Waals surface area contributed by atoms with E-state index in [2.05, 4.69) is 20.4 Å². The lowest BCUT2D eigenvalue weighted by atomic mass is 10.2. The fourth-order valence-corrected chi connectivity index (χ4v) is 2.55. The summed E-state index contributed by atoms with van der Waals surface area (Å²) < 4.78 is 7.75. The van der Waals surface area contributed by atoms with Crippen LogP contribution in [0.25, 0.3) is 22.1 Å². The number of rotatable bonds is 3. The molecule has 3 aromatic heterocycles. The van der Waals surface area contributed by atoms with Crippen LogP contribution in [0.15, 0.2) is 41.2 Å². The van der Waals surface area contributed by atoms with E-state index < -0.39 is 0 Å². The highest BCUT2D eigenvalue weighted by molar-refractivity contribution is 6.05. The van der Waals surface area contributed by atoms with Crippen LogP contribution in [0.3, 0.4) is 0 Å². The number of anilines is 1. The fourth-order valence-electron chi connectivity index (χ4n) is 2.55. The molecule has 1 aromatic carbocycles. The second-order valence-corrected chi connectivity index (χ2v) is 5.23. The van der Waals surface area contributed by atoms with Crippen LogP contribution >= 0.6 is 0 Å². The van der Waals surface area contributed by atoms with E-state index in [0.29, 0.717) is 17.9 Å². The zero-order chi connectivity index (χ0) is 15.1. The third kappa shape index (κ3) is 1.92. The van der Waals surface area contributed by atoms with E-state index in [9.17, 15) is 0 Å². The molecule has 0 aliphatic heterocycles. The number of para-hydroxylation sites is 1. The first kappa shape index (κ1) is 12.8. The van der Waals surface area contributed by atoms with Crippen LogP contribution in [0.4, 0.5) is 5.82 Å². The predicted octanol–water partition coefficient (Wildman–Crippen LogP) is 3.03. The van der Waals surface area contributed by atoms with Crippen molar-refractivity contribution in [2.24, 2.45) is 7.05 Å². The molecular weight excluding hydrogens is 278 g/mol. The zero-order valence-electron chi connectivity index (χ0n) is 12.4. The number of hydrogen-bond donors (Lipinski definition) is 1. The van der Waals surface area contributed by atoms with Gasteiger partial charge in [0.25, 0.3) is 0 Å². The Morgan fingerprint density at radius 3 is 2.91 bits per heavy atom. The van der Waals surface area contributed by atoms with E-state index in [1.807, 2.05) is 49.1 Å². The molecule has 0 aliphatic carbocycles. The molecule has 0 saturated heterocycles. The van der Waals surface area contributed by atoms with Crippen molar-refractivity contribution in [3.8, 4) is 0 Å². The topological polar surface area (TPSA) is 68.8 Å². The summed E-state index contributed by atoms with van der Waals surface area (Å²) in [6.45, 7) is 2.68. The Balaban J connectivity index is 1.74. The van der Waals surface area contributed by atoms with E-state index in [-0.39, 0.29) is 0 Å². The SMILES string of the molecule is Cc1c(CNc2ncnc3c2oc2ccccc23)cnn1C. The highest BCUT2D eigenvalue weighted by atomic mass is 16.3. The van der Waals surface area contributed by atoms with Gasteiger partial charge in [-0.15, -0.1) is 0 Å². The highest BCUT2D eigenvalue weighted by Gasteiger charge is 2.13. The molecular formula is C16H15N5O. The Labute approximate surface area is 126 Å². The molecule has 4 rings (SSSR count). The van der Waals surface area contributed by atoms with Gasteiger partial charge in [-0.25, -0.2) is 9.97 Å². The largest absolute Gasteiger partial charge is 0.450 e. The van der Waals surface area contributed by atoms with Gasteiger partial charge >= 0.3 is 0 Å². The molecule has 0 unspecified atom stereocenters. The zero-order valence-corrected chi connectivity index (χ0v) is 12.4. The minimum Gasteiger partial charge on any atom is -0.450 e. The molecule has 0 bridgehead atoms. The first-order valence-corrected chi connectivity index (χ1v) is 7.07. The van der Waals surface area contributed by atoms with Crippen LogP contribution in [-0.4, -0.2) is 19.7 Å². The maximum absolute atomic E-state index is 5.90. The smallest absolute Gasteiger partial charge is 0.196 e. The lowest BCUT2D eigenvalue weighted by Gasteiger charge is -2.05. The van der Waals surface area contributed by atoms with Gasteiger partial charge in [-0.2, -0.15) is 5.10 Å². The van der Waals surface area contributed by atoms with E-state index in [4.69, 9.17) is 4.42 Å². The van der Waals surface area contributed by atoms with E-state index in [1.165, 1.54) is 0 Å². The predicted molar refractivity (Wildman–Crippen MR) is 84.6 cm³/mol. The van der Waals surface area contributed by atoms with Gasteiger partial charge in [0.05, 0.1) is 6.20 Å². The van der Waals surface area contributed by atoms with E-state index in [0.717, 1.165) is 27.7 Å². The molecule has 6 nitrogen and oxygen atoms in total. The average Bonchev–Trinajstić information content (AvgIpc) is 3.07. The molecule has 0 aliphatic rings. The summed E-state index contributed by atoms with van der Waals surface area (Å²) in [4.78, 5) is 8.66. The molecule has 0 atom stereocenters. The number of furan rings is 1. The van der Waals surface area contributed by atoms with Gasteiger partial charge in [0.1, 0.15) is 17.4 Å². The van der Waals surface area contributed by atoms with Crippen LogP contribution in [0.2, 0.25) is 0 Å². The molecule has 110 valence electrons. The summed E-state index contributed by atoms with van der Waals surface area (Å²) in [5.74, 6) is 0.699. The van der Waals surface area contributed by atoms with Crippen molar-refractivity contribution in [2.75, 3.05) is 5.32 Å². The van der Waals surface area contributed by atoms with Crippen molar-refractivity contribution >= 4 is 27.9 Å². The minimum absolute atomic E-state index is 0.642. The van der Waals surface area contributed by atoms with Gasteiger partial charge in [0, 0.05) is 30.2 Å². The number of aryl methyl sites for hydroxylation is 1. The molecule has 0 fully saturated rings. The highest BCUT2D eigenvalue weighted by Crippen LogP contribution is 2.30. The first-order chi connectivity index (χ1) is 10.7. The minimum atomic E-state index is 0.642. The lowest BCUT2D eigenvalue weighted by molar-refractivity contribution is 0.666. The van der Waals surface area contributed by atoms with Crippen molar-refractivity contribution in [2.45, 2.75) is 13.5 Å². The van der Waals surface area contributed by atoms with E-state index in [1.54, 1.807) is 6.33 Å². The summed E-state index contributed by atoms with van der Waals surface area (Å²) in [7, 11) is 1.93. The Morgan fingerprint density at radius 1 is 1.23 bits per heavy atom. The summed E-state index contributed by atoms with van der Waals surface area (Å²) >= 11 is 0. The summed E-state index contributed by atoms with van der Waals surface area (Å²) in [5, 5.41) is 8.57. The summed E-state index contributed by atoms with van der Waals surface area (Å²) in [6, 6.07) is 7.87.